The molecule has 1 atom stereocenters. The summed E-state index contributed by atoms with van der Waals surface area (Å²) in [5.41, 5.74) is 1.11. The van der Waals surface area contributed by atoms with E-state index in [4.69, 9.17) is 0 Å². The normalized spacial score (nSPS) is 12.8. The van der Waals surface area contributed by atoms with Crippen LogP contribution in [0.2, 0.25) is 0 Å². The van der Waals surface area contributed by atoms with E-state index in [1.165, 1.54) is 12.8 Å². The van der Waals surface area contributed by atoms with Crippen molar-refractivity contribution < 1.29 is 0 Å². The average molecular weight is 262 g/mol. The Bertz CT molecular complexity index is 501. The molecule has 0 bridgehead atoms. The number of H-pyrrole nitrogens is 1. The second-order valence-electron chi connectivity index (χ2n) is 4.86. The fourth-order valence-corrected chi connectivity index (χ4v) is 2.01. The molecule has 19 heavy (non-hydrogen) atoms. The number of hydrogen-bond donors (Lipinski definition) is 2. The number of unbranched alkanes of at least 4 members (excludes halogenated alkanes) is 1. The van der Waals surface area contributed by atoms with Crippen molar-refractivity contribution in [2.75, 3.05) is 0 Å². The van der Waals surface area contributed by atoms with E-state index in [0.29, 0.717) is 0 Å². The molecule has 0 radical (unpaired) electrons. The molecule has 2 rings (SSSR count). The molecule has 0 amide bonds. The summed E-state index contributed by atoms with van der Waals surface area (Å²) in [6.45, 7) is 5.03. The maximum Gasteiger partial charge on any atom is 0.149 e. The molecule has 2 aromatic heterocycles. The molecule has 104 valence electrons. The zero-order valence-corrected chi connectivity index (χ0v) is 11.8. The van der Waals surface area contributed by atoms with Gasteiger partial charge in [0.15, 0.2) is 0 Å². The zero-order chi connectivity index (χ0) is 13.7. The summed E-state index contributed by atoms with van der Waals surface area (Å²) in [5, 5.41) is 11.4. The zero-order valence-electron chi connectivity index (χ0n) is 11.8. The van der Waals surface area contributed by atoms with Crippen molar-refractivity contribution in [3.05, 3.63) is 29.9 Å². The molecule has 0 fully saturated rings. The fourth-order valence-electron chi connectivity index (χ4n) is 2.01. The van der Waals surface area contributed by atoms with Gasteiger partial charge in [0.05, 0.1) is 6.04 Å². The Balaban J connectivity index is 1.85. The highest BCUT2D eigenvalue weighted by atomic mass is 15.3. The molecule has 0 spiro atoms. The molecular formula is C13H22N6. The number of nitrogens with zero attached hydrogens (tertiary/aromatic N) is 4. The van der Waals surface area contributed by atoms with Crippen LogP contribution in [0, 0.1) is 0 Å². The van der Waals surface area contributed by atoms with Gasteiger partial charge in [0.25, 0.3) is 0 Å². The van der Waals surface area contributed by atoms with E-state index in [0.717, 1.165) is 30.3 Å². The minimum absolute atomic E-state index is 0.162. The Morgan fingerprint density at radius 3 is 3.00 bits per heavy atom. The number of rotatable bonds is 7. The number of imidazole rings is 1. The first kappa shape index (κ1) is 13.7. The van der Waals surface area contributed by atoms with E-state index in [1.54, 1.807) is 6.33 Å². The van der Waals surface area contributed by atoms with Crippen molar-refractivity contribution in [2.45, 2.75) is 45.7 Å². The molecule has 0 aliphatic carbocycles. The first-order valence-electron chi connectivity index (χ1n) is 6.80. The van der Waals surface area contributed by atoms with E-state index in [-0.39, 0.29) is 6.04 Å². The highest BCUT2D eigenvalue weighted by Gasteiger charge is 2.11. The van der Waals surface area contributed by atoms with Crippen LogP contribution in [0.5, 0.6) is 0 Å². The highest BCUT2D eigenvalue weighted by Crippen LogP contribution is 2.08. The van der Waals surface area contributed by atoms with Gasteiger partial charge in [-0.3, -0.25) is 0 Å². The fraction of sp³-hybridized carbons (Fsp3) is 0.615. The largest absolute Gasteiger partial charge is 0.345 e. The molecule has 2 heterocycles. The van der Waals surface area contributed by atoms with Gasteiger partial charge in [-0.05, 0) is 13.3 Å². The topological polar surface area (TPSA) is 71.4 Å². The SMILES string of the molecule is CCCCc1ncc(CNC(C)c2nncn2C)[nH]1. The van der Waals surface area contributed by atoms with Crippen LogP contribution in [0.3, 0.4) is 0 Å². The molecule has 6 nitrogen and oxygen atoms in total. The summed E-state index contributed by atoms with van der Waals surface area (Å²) in [6.07, 6.45) is 7.01. The van der Waals surface area contributed by atoms with Crippen molar-refractivity contribution in [2.24, 2.45) is 7.05 Å². The van der Waals surface area contributed by atoms with Gasteiger partial charge >= 0.3 is 0 Å². The van der Waals surface area contributed by atoms with E-state index in [1.807, 2.05) is 17.8 Å². The molecule has 1 unspecified atom stereocenters. The minimum atomic E-state index is 0.162. The summed E-state index contributed by atoms with van der Waals surface area (Å²) in [4.78, 5) is 7.73. The molecule has 0 saturated heterocycles. The lowest BCUT2D eigenvalue weighted by atomic mass is 10.2. The van der Waals surface area contributed by atoms with Crippen LogP contribution in [0.15, 0.2) is 12.5 Å². The number of hydrogen-bond acceptors (Lipinski definition) is 4. The third-order valence-corrected chi connectivity index (χ3v) is 3.18. The third-order valence-electron chi connectivity index (χ3n) is 3.18. The lowest BCUT2D eigenvalue weighted by Crippen LogP contribution is -2.21. The lowest BCUT2D eigenvalue weighted by Gasteiger charge is -2.11. The van der Waals surface area contributed by atoms with Crippen molar-refractivity contribution >= 4 is 0 Å². The monoisotopic (exact) mass is 262 g/mol. The van der Waals surface area contributed by atoms with Crippen LogP contribution in [0.25, 0.3) is 0 Å². The predicted molar refractivity (Wildman–Crippen MR) is 73.5 cm³/mol. The van der Waals surface area contributed by atoms with Gasteiger partial charge in [-0.1, -0.05) is 13.3 Å². The Kier molecular flexibility index (Phi) is 4.68. The summed E-state index contributed by atoms with van der Waals surface area (Å²) in [5.74, 6) is 2.01. The molecular weight excluding hydrogens is 240 g/mol. The molecule has 0 aliphatic heterocycles. The number of aryl methyl sites for hydroxylation is 2. The van der Waals surface area contributed by atoms with E-state index >= 15 is 0 Å². The van der Waals surface area contributed by atoms with Crippen molar-refractivity contribution in [3.63, 3.8) is 0 Å². The lowest BCUT2D eigenvalue weighted by molar-refractivity contribution is 0.524. The average Bonchev–Trinajstić information content (AvgIpc) is 3.02. The van der Waals surface area contributed by atoms with Gasteiger partial charge in [-0.15, -0.1) is 10.2 Å². The minimum Gasteiger partial charge on any atom is -0.345 e. The molecule has 6 heteroatoms. The second kappa shape index (κ2) is 6.47. The maximum atomic E-state index is 4.38. The van der Waals surface area contributed by atoms with Gasteiger partial charge in [0, 0.05) is 31.9 Å². The van der Waals surface area contributed by atoms with Crippen LogP contribution < -0.4 is 5.32 Å². The summed E-state index contributed by atoms with van der Waals surface area (Å²) in [7, 11) is 1.95. The Morgan fingerprint density at radius 2 is 2.32 bits per heavy atom. The van der Waals surface area contributed by atoms with Gasteiger partial charge in [0.1, 0.15) is 18.0 Å². The Hall–Kier alpha value is -1.69. The van der Waals surface area contributed by atoms with Gasteiger partial charge in [-0.2, -0.15) is 0 Å². The van der Waals surface area contributed by atoms with Crippen LogP contribution in [0.4, 0.5) is 0 Å². The smallest absolute Gasteiger partial charge is 0.149 e. The van der Waals surface area contributed by atoms with Gasteiger partial charge < -0.3 is 14.9 Å². The van der Waals surface area contributed by atoms with Crippen LogP contribution in [0.1, 0.15) is 50.1 Å². The van der Waals surface area contributed by atoms with Crippen LogP contribution >= 0.6 is 0 Å². The Morgan fingerprint density at radius 1 is 1.47 bits per heavy atom. The first-order chi connectivity index (χ1) is 9.20. The quantitative estimate of drug-likeness (QED) is 0.797. The highest BCUT2D eigenvalue weighted by molar-refractivity contribution is 5.02. The van der Waals surface area contributed by atoms with Crippen LogP contribution in [-0.4, -0.2) is 24.7 Å². The van der Waals surface area contributed by atoms with Crippen LogP contribution in [-0.2, 0) is 20.0 Å². The van der Waals surface area contributed by atoms with Crippen molar-refractivity contribution in [1.82, 2.24) is 30.0 Å². The standard InChI is InChI=1S/C13H22N6/c1-4-5-6-12-15-8-11(17-12)7-14-10(2)13-18-16-9-19(13)3/h8-10,14H,4-7H2,1-3H3,(H,15,17). The van der Waals surface area contributed by atoms with Gasteiger partial charge in [-0.25, -0.2) is 4.98 Å². The summed E-state index contributed by atoms with van der Waals surface area (Å²) >= 11 is 0. The molecule has 2 aromatic rings. The number of aromatic nitrogens is 5. The molecule has 0 aromatic carbocycles. The number of aromatic amines is 1. The maximum absolute atomic E-state index is 4.38. The van der Waals surface area contributed by atoms with E-state index in [2.05, 4.69) is 39.3 Å². The number of nitrogens with one attached hydrogen (secondary N) is 2. The van der Waals surface area contributed by atoms with E-state index in [9.17, 15) is 0 Å². The predicted octanol–water partition coefficient (Wildman–Crippen LogP) is 1.73. The molecule has 0 saturated carbocycles. The summed E-state index contributed by atoms with van der Waals surface area (Å²) < 4.78 is 1.93. The first-order valence-corrected chi connectivity index (χ1v) is 6.80. The Labute approximate surface area is 113 Å². The molecule has 2 N–H and O–H groups in total. The van der Waals surface area contributed by atoms with Gasteiger partial charge in [0.2, 0.25) is 0 Å². The summed E-state index contributed by atoms with van der Waals surface area (Å²) in [6, 6.07) is 0.162. The second-order valence-corrected chi connectivity index (χ2v) is 4.86. The third kappa shape index (κ3) is 3.64. The van der Waals surface area contributed by atoms with E-state index < -0.39 is 0 Å². The van der Waals surface area contributed by atoms with Crippen molar-refractivity contribution in [1.29, 1.82) is 0 Å². The van der Waals surface area contributed by atoms with Crippen molar-refractivity contribution in [3.8, 4) is 0 Å². The molecule has 0 aliphatic rings.